The van der Waals surface area contributed by atoms with E-state index in [0.29, 0.717) is 5.92 Å². The average molecular weight is 304 g/mol. The Morgan fingerprint density at radius 3 is 2.43 bits per heavy atom. The minimum atomic E-state index is 0.318. The first-order valence-corrected chi connectivity index (χ1v) is 8.32. The third kappa shape index (κ3) is 4.70. The van der Waals surface area contributed by atoms with Crippen molar-refractivity contribution in [2.45, 2.75) is 46.6 Å². The van der Waals surface area contributed by atoms with Crippen LogP contribution in [0, 0.1) is 6.92 Å². The van der Waals surface area contributed by atoms with Gasteiger partial charge in [-0.15, -0.1) is 11.3 Å². The highest BCUT2D eigenvalue weighted by Gasteiger charge is 2.08. The molecule has 0 aliphatic rings. The molecule has 0 aliphatic heterocycles. The Kier molecular flexibility index (Phi) is 5.56. The summed E-state index contributed by atoms with van der Waals surface area (Å²) in [6, 6.07) is 6.30. The zero-order chi connectivity index (χ0) is 15.2. The molecule has 0 atom stereocenters. The molecule has 0 unspecified atom stereocenters. The Labute approximate surface area is 131 Å². The standard InChI is InChI=1S/C16H24N4S/c1-5-8-17-14-9-15(20-16(19-14)11(2)3)18-10-13-7-6-12(4)21-13/h6-7,9,11H,5,8,10H2,1-4H3,(H2,17,18,19,20). The van der Waals surface area contributed by atoms with Crippen LogP contribution in [0.3, 0.4) is 0 Å². The van der Waals surface area contributed by atoms with Crippen LogP contribution in [0.1, 0.15) is 48.7 Å². The van der Waals surface area contributed by atoms with Crippen molar-refractivity contribution in [2.24, 2.45) is 0 Å². The fourth-order valence-corrected chi connectivity index (χ4v) is 2.75. The second-order valence-corrected chi connectivity index (χ2v) is 6.82. The zero-order valence-corrected chi connectivity index (χ0v) is 14.0. The van der Waals surface area contributed by atoms with E-state index >= 15 is 0 Å². The van der Waals surface area contributed by atoms with Gasteiger partial charge >= 0.3 is 0 Å². The Balaban J connectivity index is 2.11. The van der Waals surface area contributed by atoms with Crippen molar-refractivity contribution < 1.29 is 0 Å². The third-order valence-corrected chi connectivity index (χ3v) is 4.06. The van der Waals surface area contributed by atoms with Crippen molar-refractivity contribution in [3.63, 3.8) is 0 Å². The van der Waals surface area contributed by atoms with Crippen molar-refractivity contribution >= 4 is 23.0 Å². The molecule has 2 heterocycles. The van der Waals surface area contributed by atoms with Crippen LogP contribution in [0.5, 0.6) is 0 Å². The fourth-order valence-electron chi connectivity index (χ4n) is 1.92. The monoisotopic (exact) mass is 304 g/mol. The molecule has 114 valence electrons. The number of aryl methyl sites for hydroxylation is 1. The predicted octanol–water partition coefficient (Wildman–Crippen LogP) is 4.40. The Hall–Kier alpha value is -1.62. The molecule has 0 saturated carbocycles. The second kappa shape index (κ2) is 7.41. The lowest BCUT2D eigenvalue weighted by Gasteiger charge is -2.12. The van der Waals surface area contributed by atoms with Crippen LogP contribution < -0.4 is 10.6 Å². The number of anilines is 2. The quantitative estimate of drug-likeness (QED) is 0.796. The summed E-state index contributed by atoms with van der Waals surface area (Å²) in [4.78, 5) is 11.8. The highest BCUT2D eigenvalue weighted by molar-refractivity contribution is 7.11. The van der Waals surface area contributed by atoms with Crippen molar-refractivity contribution in [1.82, 2.24) is 9.97 Å². The summed E-state index contributed by atoms with van der Waals surface area (Å²) in [6.45, 7) is 10.2. The third-order valence-electron chi connectivity index (χ3n) is 3.06. The van der Waals surface area contributed by atoms with Crippen molar-refractivity contribution in [2.75, 3.05) is 17.2 Å². The van der Waals surface area contributed by atoms with E-state index in [1.165, 1.54) is 9.75 Å². The van der Waals surface area contributed by atoms with Crippen LogP contribution in [0.15, 0.2) is 18.2 Å². The predicted molar refractivity (Wildman–Crippen MR) is 91.3 cm³/mol. The molecular weight excluding hydrogens is 280 g/mol. The molecule has 5 heteroatoms. The summed E-state index contributed by atoms with van der Waals surface area (Å²) in [6.07, 6.45) is 1.08. The van der Waals surface area contributed by atoms with E-state index in [9.17, 15) is 0 Å². The van der Waals surface area contributed by atoms with Crippen molar-refractivity contribution in [3.8, 4) is 0 Å². The van der Waals surface area contributed by atoms with Gasteiger partial charge in [0.1, 0.15) is 17.5 Å². The molecule has 2 aromatic heterocycles. The van der Waals surface area contributed by atoms with Gasteiger partial charge in [-0.1, -0.05) is 20.8 Å². The van der Waals surface area contributed by atoms with Crippen LogP contribution in [-0.2, 0) is 6.54 Å². The number of hydrogen-bond donors (Lipinski definition) is 2. The van der Waals surface area contributed by atoms with Gasteiger partial charge in [-0.05, 0) is 25.5 Å². The first-order valence-electron chi connectivity index (χ1n) is 7.50. The normalized spacial score (nSPS) is 10.9. The van der Waals surface area contributed by atoms with Gasteiger partial charge in [0.2, 0.25) is 0 Å². The maximum absolute atomic E-state index is 4.61. The summed E-state index contributed by atoms with van der Waals surface area (Å²) >= 11 is 1.81. The van der Waals surface area contributed by atoms with Gasteiger partial charge in [0.05, 0.1) is 6.54 Å². The lowest BCUT2D eigenvalue weighted by molar-refractivity contribution is 0.774. The van der Waals surface area contributed by atoms with Gasteiger partial charge in [-0.25, -0.2) is 9.97 Å². The van der Waals surface area contributed by atoms with Crippen LogP contribution in [-0.4, -0.2) is 16.5 Å². The van der Waals surface area contributed by atoms with Gasteiger partial charge in [0.15, 0.2) is 0 Å². The molecule has 0 bridgehead atoms. The fraction of sp³-hybridized carbons (Fsp3) is 0.500. The van der Waals surface area contributed by atoms with Crippen molar-refractivity contribution in [3.05, 3.63) is 33.8 Å². The average Bonchev–Trinajstić information content (AvgIpc) is 2.88. The largest absolute Gasteiger partial charge is 0.370 e. The van der Waals surface area contributed by atoms with Crippen LogP contribution in [0.4, 0.5) is 11.6 Å². The molecule has 2 rings (SSSR count). The van der Waals surface area contributed by atoms with Crippen LogP contribution in [0.25, 0.3) is 0 Å². The minimum Gasteiger partial charge on any atom is -0.370 e. The van der Waals surface area contributed by atoms with E-state index in [0.717, 1.165) is 37.0 Å². The molecule has 0 radical (unpaired) electrons. The minimum absolute atomic E-state index is 0.318. The molecule has 2 aromatic rings. The number of thiophene rings is 1. The van der Waals surface area contributed by atoms with Gasteiger partial charge in [0, 0.05) is 28.3 Å². The first-order chi connectivity index (χ1) is 10.1. The smallest absolute Gasteiger partial charge is 0.135 e. The topological polar surface area (TPSA) is 49.8 Å². The number of hydrogen-bond acceptors (Lipinski definition) is 5. The molecule has 0 saturated heterocycles. The van der Waals surface area contributed by atoms with Crippen LogP contribution in [0.2, 0.25) is 0 Å². The molecule has 0 spiro atoms. The molecule has 0 amide bonds. The molecule has 4 nitrogen and oxygen atoms in total. The van der Waals surface area contributed by atoms with Gasteiger partial charge < -0.3 is 10.6 Å². The Morgan fingerprint density at radius 2 is 1.86 bits per heavy atom. The van der Waals surface area contributed by atoms with Crippen LogP contribution >= 0.6 is 11.3 Å². The van der Waals surface area contributed by atoms with Crippen molar-refractivity contribution in [1.29, 1.82) is 0 Å². The van der Waals surface area contributed by atoms with Gasteiger partial charge in [-0.2, -0.15) is 0 Å². The van der Waals surface area contributed by atoms with E-state index < -0.39 is 0 Å². The maximum Gasteiger partial charge on any atom is 0.135 e. The van der Waals surface area contributed by atoms with E-state index in [1.54, 1.807) is 0 Å². The van der Waals surface area contributed by atoms with Gasteiger partial charge in [0.25, 0.3) is 0 Å². The lowest BCUT2D eigenvalue weighted by atomic mass is 10.2. The molecule has 0 aromatic carbocycles. The summed E-state index contributed by atoms with van der Waals surface area (Å²) in [5.74, 6) is 2.98. The molecular formula is C16H24N4S. The molecule has 0 fully saturated rings. The summed E-state index contributed by atoms with van der Waals surface area (Å²) < 4.78 is 0. The number of nitrogens with one attached hydrogen (secondary N) is 2. The van der Waals surface area contributed by atoms with E-state index in [4.69, 9.17) is 0 Å². The molecule has 21 heavy (non-hydrogen) atoms. The highest BCUT2D eigenvalue weighted by atomic mass is 32.1. The second-order valence-electron chi connectivity index (χ2n) is 5.44. The van der Waals surface area contributed by atoms with E-state index in [2.05, 4.69) is 60.4 Å². The Bertz CT molecular complexity index is 577. The number of aromatic nitrogens is 2. The maximum atomic E-state index is 4.61. The van der Waals surface area contributed by atoms with E-state index in [1.807, 2.05) is 17.4 Å². The molecule has 0 aliphatic carbocycles. The molecule has 2 N–H and O–H groups in total. The highest BCUT2D eigenvalue weighted by Crippen LogP contribution is 2.20. The number of rotatable bonds is 7. The lowest BCUT2D eigenvalue weighted by Crippen LogP contribution is -2.09. The number of nitrogens with zero attached hydrogens (tertiary/aromatic N) is 2. The van der Waals surface area contributed by atoms with E-state index in [-0.39, 0.29) is 0 Å². The summed E-state index contributed by atoms with van der Waals surface area (Å²) in [7, 11) is 0. The SMILES string of the molecule is CCCNc1cc(NCc2ccc(C)s2)nc(C(C)C)n1. The summed E-state index contributed by atoms with van der Waals surface area (Å²) in [5, 5.41) is 6.75. The summed E-state index contributed by atoms with van der Waals surface area (Å²) in [5.41, 5.74) is 0. The zero-order valence-electron chi connectivity index (χ0n) is 13.2. The first kappa shape index (κ1) is 15.8. The Morgan fingerprint density at radius 1 is 1.14 bits per heavy atom. The van der Waals surface area contributed by atoms with Gasteiger partial charge in [-0.3, -0.25) is 0 Å².